The van der Waals surface area contributed by atoms with Crippen LogP contribution in [0.15, 0.2) is 53.6 Å². The zero-order valence-electron chi connectivity index (χ0n) is 18.1. The van der Waals surface area contributed by atoms with Gasteiger partial charge in [0.05, 0.1) is 23.9 Å². The molecule has 0 aliphatic carbocycles. The molecule has 0 amide bonds. The molecule has 2 atom stereocenters. The van der Waals surface area contributed by atoms with Crippen molar-refractivity contribution in [2.24, 2.45) is 11.0 Å². The van der Waals surface area contributed by atoms with Crippen LogP contribution in [0.2, 0.25) is 5.02 Å². The lowest BCUT2D eigenvalue weighted by Gasteiger charge is -2.28. The van der Waals surface area contributed by atoms with Gasteiger partial charge in [0.2, 0.25) is 0 Å². The van der Waals surface area contributed by atoms with Crippen LogP contribution in [0.5, 0.6) is 5.75 Å². The van der Waals surface area contributed by atoms with E-state index in [4.69, 9.17) is 33.7 Å². The number of ether oxygens (including phenoxy) is 1. The molecule has 5 nitrogen and oxygen atoms in total. The highest BCUT2D eigenvalue weighted by molar-refractivity contribution is 7.82. The molecular formula is C24H29ClN4OS. The van der Waals surface area contributed by atoms with Crippen molar-refractivity contribution in [1.82, 2.24) is 10.4 Å². The molecule has 2 heterocycles. The number of benzene rings is 2. The number of thiocarbonyl (C=S) groups is 1. The Labute approximate surface area is 195 Å². The molecule has 1 fully saturated rings. The predicted octanol–water partition coefficient (Wildman–Crippen LogP) is 5.61. The number of methoxy groups -OCH3 is 1. The first-order chi connectivity index (χ1) is 15.1. The average Bonchev–Trinajstić information content (AvgIpc) is 2.94. The molecule has 0 saturated carbocycles. The highest BCUT2D eigenvalue weighted by Crippen LogP contribution is 2.42. The molecule has 0 aromatic heterocycles. The summed E-state index contributed by atoms with van der Waals surface area (Å²) in [5.74, 6) is 0.926. The van der Waals surface area contributed by atoms with E-state index in [2.05, 4.69) is 29.5 Å². The molecule has 0 radical (unpaired) electrons. The molecule has 1 N–H and O–H groups in total. The van der Waals surface area contributed by atoms with E-state index < -0.39 is 0 Å². The second-order valence-corrected chi connectivity index (χ2v) is 8.95. The Bertz CT molecular complexity index is 941. The highest BCUT2D eigenvalue weighted by atomic mass is 35.5. The number of para-hydroxylation sites is 1. The summed E-state index contributed by atoms with van der Waals surface area (Å²) in [6.07, 6.45) is 4.94. The molecule has 1 saturated heterocycles. The van der Waals surface area contributed by atoms with Gasteiger partial charge < -0.3 is 10.2 Å². The number of anilines is 1. The minimum absolute atomic E-state index is 0.00955. The number of nitrogens with zero attached hydrogens (tertiary/aromatic N) is 3. The summed E-state index contributed by atoms with van der Waals surface area (Å²) in [5, 5.41) is 9.92. The zero-order valence-corrected chi connectivity index (χ0v) is 19.6. The first kappa shape index (κ1) is 22.1. The van der Waals surface area contributed by atoms with E-state index in [9.17, 15) is 0 Å². The van der Waals surface area contributed by atoms with Gasteiger partial charge in [-0.2, -0.15) is 5.10 Å². The first-order valence-electron chi connectivity index (χ1n) is 10.9. The number of nitrogens with one attached hydrogen (secondary N) is 1. The standard InChI is InChI=1S/C24H29ClN4OS/c1-17-22(24(31)27-28-15-7-3-4-8-16-28)26-29(21-10-6-5-9-20(21)25)23(17)18-11-13-19(30-2)14-12-18/h5-6,9-14,17,23H,3-4,7-8,15-16H2,1-2H3,(H,27,31). The molecular weight excluding hydrogens is 428 g/mol. The van der Waals surface area contributed by atoms with Crippen LogP contribution >= 0.6 is 23.8 Å². The fourth-order valence-electron chi connectivity index (χ4n) is 4.34. The molecule has 7 heteroatoms. The maximum absolute atomic E-state index is 6.57. The smallest absolute Gasteiger partial charge is 0.137 e. The van der Waals surface area contributed by atoms with Gasteiger partial charge in [-0.25, -0.2) is 5.01 Å². The largest absolute Gasteiger partial charge is 0.497 e. The molecule has 31 heavy (non-hydrogen) atoms. The first-order valence-corrected chi connectivity index (χ1v) is 11.7. The lowest BCUT2D eigenvalue weighted by atomic mass is 9.91. The van der Waals surface area contributed by atoms with Crippen molar-refractivity contribution >= 4 is 40.2 Å². The minimum atomic E-state index is -0.00955. The topological polar surface area (TPSA) is 40.1 Å². The SMILES string of the molecule is COc1ccc(C2C(C)C(C(=S)NN3CCCCCC3)=NN2c2ccccc2Cl)cc1. The van der Waals surface area contributed by atoms with Gasteiger partial charge in [0.25, 0.3) is 0 Å². The summed E-state index contributed by atoms with van der Waals surface area (Å²) in [4.78, 5) is 0.697. The van der Waals surface area contributed by atoms with E-state index in [1.807, 2.05) is 41.4 Å². The number of hydrogen-bond acceptors (Lipinski definition) is 5. The third kappa shape index (κ3) is 4.86. The fourth-order valence-corrected chi connectivity index (χ4v) is 4.92. The van der Waals surface area contributed by atoms with E-state index in [-0.39, 0.29) is 12.0 Å². The number of hydrazone groups is 1. The molecule has 2 aliphatic rings. The zero-order chi connectivity index (χ0) is 21.8. The fraction of sp³-hybridized carbons (Fsp3) is 0.417. The number of hydrazine groups is 1. The van der Waals surface area contributed by atoms with E-state index >= 15 is 0 Å². The van der Waals surface area contributed by atoms with E-state index in [0.29, 0.717) is 10.0 Å². The molecule has 0 bridgehead atoms. The van der Waals surface area contributed by atoms with Crippen LogP contribution in [0.4, 0.5) is 5.69 Å². The summed E-state index contributed by atoms with van der Waals surface area (Å²) in [6.45, 7) is 4.21. The highest BCUT2D eigenvalue weighted by Gasteiger charge is 2.39. The van der Waals surface area contributed by atoms with Crippen molar-refractivity contribution in [2.75, 3.05) is 25.2 Å². The Morgan fingerprint density at radius 3 is 2.39 bits per heavy atom. The predicted molar refractivity (Wildman–Crippen MR) is 132 cm³/mol. The third-order valence-corrected chi connectivity index (χ3v) is 6.66. The van der Waals surface area contributed by atoms with Crippen LogP contribution in [0.25, 0.3) is 0 Å². The maximum Gasteiger partial charge on any atom is 0.137 e. The van der Waals surface area contributed by atoms with Crippen LogP contribution in [-0.2, 0) is 0 Å². The van der Waals surface area contributed by atoms with Gasteiger partial charge in [0.1, 0.15) is 16.4 Å². The molecule has 2 aliphatic heterocycles. The molecule has 2 aromatic rings. The average molecular weight is 457 g/mol. The monoisotopic (exact) mass is 456 g/mol. The van der Waals surface area contributed by atoms with Gasteiger partial charge in [0, 0.05) is 19.0 Å². The van der Waals surface area contributed by atoms with Crippen molar-refractivity contribution in [3.8, 4) is 5.75 Å². The van der Waals surface area contributed by atoms with Gasteiger partial charge in [0.15, 0.2) is 0 Å². The van der Waals surface area contributed by atoms with E-state index in [0.717, 1.165) is 35.8 Å². The van der Waals surface area contributed by atoms with Crippen molar-refractivity contribution in [2.45, 2.75) is 38.6 Å². The van der Waals surface area contributed by atoms with Gasteiger partial charge in [-0.05, 0) is 42.7 Å². The molecule has 0 spiro atoms. The molecule has 164 valence electrons. The van der Waals surface area contributed by atoms with Gasteiger partial charge in [-0.3, -0.25) is 5.01 Å². The second kappa shape index (κ2) is 9.98. The Balaban J connectivity index is 1.64. The summed E-state index contributed by atoms with van der Waals surface area (Å²) < 4.78 is 5.34. The lowest BCUT2D eigenvalue weighted by molar-refractivity contribution is 0.248. The molecule has 4 rings (SSSR count). The van der Waals surface area contributed by atoms with Crippen LogP contribution in [-0.4, -0.2) is 35.9 Å². The number of rotatable bonds is 5. The lowest BCUT2D eigenvalue weighted by Crippen LogP contribution is -2.45. The van der Waals surface area contributed by atoms with Crippen molar-refractivity contribution < 1.29 is 4.74 Å². The Morgan fingerprint density at radius 1 is 1.06 bits per heavy atom. The quantitative estimate of drug-likeness (QED) is 0.592. The van der Waals surface area contributed by atoms with Crippen molar-refractivity contribution in [3.63, 3.8) is 0 Å². The normalized spacial score (nSPS) is 22.0. The maximum atomic E-state index is 6.57. The van der Waals surface area contributed by atoms with Crippen molar-refractivity contribution in [3.05, 3.63) is 59.1 Å². The number of hydrogen-bond donors (Lipinski definition) is 1. The Kier molecular flexibility index (Phi) is 7.10. The molecule has 2 unspecified atom stereocenters. The summed E-state index contributed by atoms with van der Waals surface area (Å²) in [5.41, 5.74) is 6.37. The van der Waals surface area contributed by atoms with E-state index in [1.54, 1.807) is 7.11 Å². The van der Waals surface area contributed by atoms with Gasteiger partial charge >= 0.3 is 0 Å². The summed E-state index contributed by atoms with van der Waals surface area (Å²) in [7, 11) is 1.68. The van der Waals surface area contributed by atoms with Crippen LogP contribution < -0.4 is 15.2 Å². The van der Waals surface area contributed by atoms with Gasteiger partial charge in [-0.1, -0.05) is 67.8 Å². The summed E-state index contributed by atoms with van der Waals surface area (Å²) in [6, 6.07) is 16.0. The van der Waals surface area contributed by atoms with Crippen LogP contribution in [0, 0.1) is 5.92 Å². The van der Waals surface area contributed by atoms with Crippen LogP contribution in [0.3, 0.4) is 0 Å². The Hall–Kier alpha value is -2.15. The van der Waals surface area contributed by atoms with Crippen LogP contribution in [0.1, 0.15) is 44.2 Å². The Morgan fingerprint density at radius 2 is 1.74 bits per heavy atom. The van der Waals surface area contributed by atoms with Gasteiger partial charge in [-0.15, -0.1) is 0 Å². The summed E-state index contributed by atoms with van der Waals surface area (Å²) >= 11 is 12.4. The minimum Gasteiger partial charge on any atom is -0.497 e. The van der Waals surface area contributed by atoms with Crippen molar-refractivity contribution in [1.29, 1.82) is 0 Å². The third-order valence-electron chi connectivity index (χ3n) is 6.04. The molecule has 2 aromatic carbocycles. The van der Waals surface area contributed by atoms with E-state index in [1.165, 1.54) is 25.7 Å². The number of halogens is 1. The second-order valence-electron chi connectivity index (χ2n) is 8.13.